The number of nitrogens with zero attached hydrogens (tertiary/aromatic N) is 4. The number of carbonyl (C=O) groups is 1. The summed E-state index contributed by atoms with van der Waals surface area (Å²) in [4.78, 5) is 26.5. The lowest BCUT2D eigenvalue weighted by Crippen LogP contribution is -2.26. The van der Waals surface area contributed by atoms with Crippen LogP contribution in [0.2, 0.25) is 5.02 Å². The number of benzene rings is 2. The summed E-state index contributed by atoms with van der Waals surface area (Å²) in [6.07, 6.45) is 3.04. The van der Waals surface area contributed by atoms with Crippen molar-refractivity contribution in [2.24, 2.45) is 0 Å². The van der Waals surface area contributed by atoms with E-state index in [1.165, 1.54) is 18.5 Å². The molecule has 0 saturated heterocycles. The molecule has 26 heavy (non-hydrogen) atoms. The van der Waals surface area contributed by atoms with E-state index in [1.807, 2.05) is 31.2 Å². The molecular formula is C17H14ClN5O3. The molecule has 0 aliphatic carbocycles. The van der Waals surface area contributed by atoms with E-state index in [2.05, 4.69) is 15.4 Å². The van der Waals surface area contributed by atoms with Gasteiger partial charge >= 0.3 is 0 Å². The average molecular weight is 372 g/mol. The van der Waals surface area contributed by atoms with Gasteiger partial charge in [0.15, 0.2) is 0 Å². The van der Waals surface area contributed by atoms with Gasteiger partial charge in [-0.25, -0.2) is 9.67 Å². The Morgan fingerprint density at radius 3 is 2.58 bits per heavy atom. The van der Waals surface area contributed by atoms with Gasteiger partial charge in [-0.2, -0.15) is 5.10 Å². The number of carbonyl (C=O) groups excluding carboxylic acids is 1. The largest absolute Gasteiger partial charge is 0.345 e. The summed E-state index contributed by atoms with van der Waals surface area (Å²) in [6, 6.07) is 11.0. The number of non-ortho nitro benzene ring substituents is 1. The van der Waals surface area contributed by atoms with E-state index in [9.17, 15) is 14.9 Å². The Bertz CT molecular complexity index is 942. The molecule has 132 valence electrons. The summed E-state index contributed by atoms with van der Waals surface area (Å²) in [6.45, 7) is 1.83. The van der Waals surface area contributed by atoms with Crippen molar-refractivity contribution in [1.82, 2.24) is 20.1 Å². The van der Waals surface area contributed by atoms with Crippen LogP contribution in [0.25, 0.3) is 5.69 Å². The number of halogens is 1. The summed E-state index contributed by atoms with van der Waals surface area (Å²) >= 11 is 5.99. The van der Waals surface area contributed by atoms with Crippen molar-refractivity contribution in [2.45, 2.75) is 13.0 Å². The van der Waals surface area contributed by atoms with E-state index >= 15 is 0 Å². The van der Waals surface area contributed by atoms with Crippen LogP contribution in [0, 0.1) is 10.1 Å². The SMILES string of the molecule is C[C@@H](NC(=O)c1ccc([N+](=O)[O-])cc1Cl)c1ccc(-n2cncn2)cc1. The van der Waals surface area contributed by atoms with Crippen molar-refractivity contribution in [3.05, 3.63) is 81.4 Å². The molecule has 8 nitrogen and oxygen atoms in total. The van der Waals surface area contributed by atoms with Gasteiger partial charge in [0, 0.05) is 12.1 Å². The van der Waals surface area contributed by atoms with Crippen LogP contribution in [0.5, 0.6) is 0 Å². The summed E-state index contributed by atoms with van der Waals surface area (Å²) in [5, 5.41) is 17.7. The van der Waals surface area contributed by atoms with Gasteiger partial charge in [-0.3, -0.25) is 14.9 Å². The first-order valence-electron chi connectivity index (χ1n) is 7.65. The molecule has 2 aromatic carbocycles. The zero-order valence-electron chi connectivity index (χ0n) is 13.7. The zero-order chi connectivity index (χ0) is 18.7. The number of rotatable bonds is 5. The van der Waals surface area contributed by atoms with Gasteiger partial charge in [-0.05, 0) is 30.7 Å². The molecule has 0 saturated carbocycles. The molecule has 1 amide bonds. The van der Waals surface area contributed by atoms with Gasteiger partial charge in [-0.1, -0.05) is 23.7 Å². The van der Waals surface area contributed by atoms with E-state index in [0.29, 0.717) is 0 Å². The second kappa shape index (κ2) is 7.32. The van der Waals surface area contributed by atoms with E-state index in [4.69, 9.17) is 11.6 Å². The number of aromatic nitrogens is 3. The van der Waals surface area contributed by atoms with Crippen LogP contribution in [-0.2, 0) is 0 Å². The van der Waals surface area contributed by atoms with Crippen LogP contribution in [-0.4, -0.2) is 25.6 Å². The predicted molar refractivity (Wildman–Crippen MR) is 95.3 cm³/mol. The standard InChI is InChI=1S/C17H14ClN5O3/c1-11(12-2-4-13(5-3-12)22-10-19-9-20-22)21-17(24)15-7-6-14(23(25)26)8-16(15)18/h2-11H,1H3,(H,21,24)/t11-/m1/s1. The molecule has 9 heteroatoms. The second-order valence-corrected chi connectivity index (χ2v) is 5.96. The first-order chi connectivity index (χ1) is 12.5. The third kappa shape index (κ3) is 3.70. The minimum Gasteiger partial charge on any atom is -0.345 e. The van der Waals surface area contributed by atoms with Crippen molar-refractivity contribution in [1.29, 1.82) is 0 Å². The molecule has 1 aromatic heterocycles. The zero-order valence-corrected chi connectivity index (χ0v) is 14.4. The normalized spacial score (nSPS) is 11.8. The van der Waals surface area contributed by atoms with E-state index in [1.54, 1.807) is 11.0 Å². The Morgan fingerprint density at radius 2 is 2.00 bits per heavy atom. The Kier molecular flexibility index (Phi) is 4.94. The lowest BCUT2D eigenvalue weighted by molar-refractivity contribution is -0.384. The Labute approximate surface area is 153 Å². The van der Waals surface area contributed by atoms with Crippen LogP contribution in [0.3, 0.4) is 0 Å². The molecule has 0 aliphatic heterocycles. The summed E-state index contributed by atoms with van der Waals surface area (Å²) in [7, 11) is 0. The fourth-order valence-electron chi connectivity index (χ4n) is 2.42. The number of hydrogen-bond acceptors (Lipinski definition) is 5. The first kappa shape index (κ1) is 17.6. The fraction of sp³-hybridized carbons (Fsp3) is 0.118. The Morgan fingerprint density at radius 1 is 1.27 bits per heavy atom. The summed E-state index contributed by atoms with van der Waals surface area (Å²) in [5.74, 6) is -0.405. The minimum atomic E-state index is -0.563. The number of hydrogen-bond donors (Lipinski definition) is 1. The smallest absolute Gasteiger partial charge is 0.270 e. The lowest BCUT2D eigenvalue weighted by Gasteiger charge is -2.15. The fourth-order valence-corrected chi connectivity index (χ4v) is 2.68. The first-order valence-corrected chi connectivity index (χ1v) is 8.03. The molecule has 0 aliphatic rings. The second-order valence-electron chi connectivity index (χ2n) is 5.55. The highest BCUT2D eigenvalue weighted by atomic mass is 35.5. The van der Waals surface area contributed by atoms with Gasteiger partial charge in [0.25, 0.3) is 11.6 Å². The topological polar surface area (TPSA) is 103 Å². The maximum absolute atomic E-state index is 12.4. The molecule has 0 spiro atoms. The third-order valence-electron chi connectivity index (χ3n) is 3.83. The molecular weight excluding hydrogens is 358 g/mol. The molecule has 1 heterocycles. The lowest BCUT2D eigenvalue weighted by atomic mass is 10.1. The molecule has 0 fully saturated rings. The van der Waals surface area contributed by atoms with Crippen molar-refractivity contribution in [3.8, 4) is 5.69 Å². The quantitative estimate of drug-likeness (QED) is 0.547. The van der Waals surface area contributed by atoms with Gasteiger partial charge < -0.3 is 5.32 Å². The molecule has 1 N–H and O–H groups in total. The van der Waals surface area contributed by atoms with Gasteiger partial charge in [-0.15, -0.1) is 0 Å². The highest BCUT2D eigenvalue weighted by Gasteiger charge is 2.17. The molecule has 0 bridgehead atoms. The number of nitro benzene ring substituents is 1. The van der Waals surface area contributed by atoms with E-state index in [-0.39, 0.29) is 22.3 Å². The summed E-state index contributed by atoms with van der Waals surface area (Å²) in [5.41, 5.74) is 1.76. The summed E-state index contributed by atoms with van der Waals surface area (Å²) < 4.78 is 1.63. The molecule has 0 unspecified atom stereocenters. The third-order valence-corrected chi connectivity index (χ3v) is 4.14. The van der Waals surface area contributed by atoms with Crippen molar-refractivity contribution in [3.63, 3.8) is 0 Å². The molecule has 1 atom stereocenters. The highest BCUT2D eigenvalue weighted by Crippen LogP contribution is 2.23. The maximum atomic E-state index is 12.4. The van der Waals surface area contributed by atoms with Crippen LogP contribution in [0.15, 0.2) is 55.1 Å². The average Bonchev–Trinajstić information content (AvgIpc) is 3.16. The van der Waals surface area contributed by atoms with Gasteiger partial charge in [0.05, 0.1) is 27.2 Å². The highest BCUT2D eigenvalue weighted by molar-refractivity contribution is 6.34. The van der Waals surface area contributed by atoms with Gasteiger partial charge in [0.2, 0.25) is 0 Å². The van der Waals surface area contributed by atoms with Gasteiger partial charge in [0.1, 0.15) is 12.7 Å². The Hall–Kier alpha value is -3.26. The van der Waals surface area contributed by atoms with E-state index < -0.39 is 10.8 Å². The van der Waals surface area contributed by atoms with Crippen LogP contribution in [0.4, 0.5) is 5.69 Å². The minimum absolute atomic E-state index is 0.0328. The van der Waals surface area contributed by atoms with Crippen molar-refractivity contribution in [2.75, 3.05) is 0 Å². The van der Waals surface area contributed by atoms with Crippen molar-refractivity contribution >= 4 is 23.2 Å². The molecule has 3 aromatic rings. The number of nitro groups is 1. The Balaban J connectivity index is 1.72. The molecule has 3 rings (SSSR count). The maximum Gasteiger partial charge on any atom is 0.270 e. The predicted octanol–water partition coefficient (Wildman–Crippen LogP) is 3.32. The number of amides is 1. The van der Waals surface area contributed by atoms with Crippen molar-refractivity contribution < 1.29 is 9.72 Å². The van der Waals surface area contributed by atoms with Crippen LogP contribution < -0.4 is 5.32 Å². The van der Waals surface area contributed by atoms with Crippen LogP contribution in [0.1, 0.15) is 28.9 Å². The van der Waals surface area contributed by atoms with Crippen LogP contribution >= 0.6 is 11.6 Å². The number of nitrogens with one attached hydrogen (secondary N) is 1. The monoisotopic (exact) mass is 371 g/mol. The molecule has 0 radical (unpaired) electrons. The van der Waals surface area contributed by atoms with E-state index in [0.717, 1.165) is 17.3 Å².